The fraction of sp³-hybridized carbons (Fsp3) is 0.333. The van der Waals surface area contributed by atoms with Crippen LogP contribution in [0, 0.1) is 0 Å². The lowest BCUT2D eigenvalue weighted by atomic mass is 10.3. The quantitative estimate of drug-likeness (QED) is 0.765. The highest BCUT2D eigenvalue weighted by Crippen LogP contribution is 2.27. The number of rotatable bonds is 7. The van der Waals surface area contributed by atoms with Gasteiger partial charge in [0.2, 0.25) is 5.89 Å². The monoisotopic (exact) mass is 316 g/mol. The van der Waals surface area contributed by atoms with E-state index in [0.717, 1.165) is 0 Å². The maximum atomic E-state index is 6.03. The predicted octanol–water partition coefficient (Wildman–Crippen LogP) is 2.86. The van der Waals surface area contributed by atoms with Crippen molar-refractivity contribution in [2.24, 2.45) is 0 Å². The maximum absolute atomic E-state index is 6.03. The van der Waals surface area contributed by atoms with Crippen LogP contribution in [0.2, 0.25) is 10.0 Å². The Labute approximate surface area is 126 Å². The lowest BCUT2D eigenvalue weighted by molar-refractivity contribution is 0.198. The Kier molecular flexibility index (Phi) is 5.60. The van der Waals surface area contributed by atoms with Gasteiger partial charge in [-0.1, -0.05) is 28.3 Å². The van der Waals surface area contributed by atoms with Crippen LogP contribution in [0.25, 0.3) is 0 Å². The molecule has 2 N–H and O–H groups in total. The molecule has 1 heterocycles. The Hall–Kier alpha value is -1.34. The second-order valence-electron chi connectivity index (χ2n) is 3.92. The van der Waals surface area contributed by atoms with E-state index in [-0.39, 0.29) is 6.01 Å². The first kappa shape index (κ1) is 15.1. The van der Waals surface area contributed by atoms with E-state index < -0.39 is 0 Å². The van der Waals surface area contributed by atoms with E-state index in [1.807, 2.05) is 0 Å². The molecule has 0 saturated heterocycles. The Balaban J connectivity index is 1.93. The van der Waals surface area contributed by atoms with Gasteiger partial charge in [0, 0.05) is 18.7 Å². The molecule has 0 saturated carbocycles. The van der Waals surface area contributed by atoms with Crippen LogP contribution in [0.5, 0.6) is 0 Å². The zero-order chi connectivity index (χ0) is 14.4. The van der Waals surface area contributed by atoms with Crippen molar-refractivity contribution in [3.05, 3.63) is 34.1 Å². The first-order valence-electron chi connectivity index (χ1n) is 5.93. The van der Waals surface area contributed by atoms with E-state index in [0.29, 0.717) is 41.3 Å². The van der Waals surface area contributed by atoms with Crippen molar-refractivity contribution >= 4 is 34.9 Å². The molecule has 108 valence electrons. The number of methoxy groups -OCH3 is 1. The van der Waals surface area contributed by atoms with Gasteiger partial charge in [-0.3, -0.25) is 0 Å². The minimum atomic E-state index is 0.262. The molecule has 0 amide bonds. The van der Waals surface area contributed by atoms with Gasteiger partial charge < -0.3 is 19.8 Å². The number of anilines is 2. The second-order valence-corrected chi connectivity index (χ2v) is 4.76. The SMILES string of the molecule is COCCNCc1nnc(Nc2cc(Cl)ccc2Cl)o1. The molecule has 0 radical (unpaired) electrons. The molecule has 6 nitrogen and oxygen atoms in total. The number of hydrogen-bond acceptors (Lipinski definition) is 6. The Morgan fingerprint density at radius 3 is 2.95 bits per heavy atom. The molecule has 0 fully saturated rings. The molecular formula is C12H14Cl2N4O2. The zero-order valence-corrected chi connectivity index (χ0v) is 12.3. The molecule has 0 unspecified atom stereocenters. The average Bonchev–Trinajstić information content (AvgIpc) is 2.87. The first-order valence-corrected chi connectivity index (χ1v) is 6.68. The smallest absolute Gasteiger partial charge is 0.320 e. The van der Waals surface area contributed by atoms with Crippen molar-refractivity contribution in [3.8, 4) is 0 Å². The molecule has 0 aliphatic heterocycles. The third-order valence-electron chi connectivity index (χ3n) is 2.40. The molecule has 20 heavy (non-hydrogen) atoms. The second kappa shape index (κ2) is 7.44. The van der Waals surface area contributed by atoms with Gasteiger partial charge in [-0.2, -0.15) is 0 Å². The predicted molar refractivity (Wildman–Crippen MR) is 77.6 cm³/mol. The Morgan fingerprint density at radius 1 is 1.30 bits per heavy atom. The molecule has 0 aliphatic rings. The highest BCUT2D eigenvalue weighted by atomic mass is 35.5. The average molecular weight is 317 g/mol. The Bertz CT molecular complexity index is 562. The van der Waals surface area contributed by atoms with Gasteiger partial charge in [0.1, 0.15) is 0 Å². The van der Waals surface area contributed by atoms with E-state index in [2.05, 4.69) is 20.8 Å². The number of ether oxygens (including phenoxy) is 1. The van der Waals surface area contributed by atoms with E-state index >= 15 is 0 Å². The fourth-order valence-electron chi connectivity index (χ4n) is 1.45. The molecule has 8 heteroatoms. The van der Waals surface area contributed by atoms with E-state index in [9.17, 15) is 0 Å². The van der Waals surface area contributed by atoms with Crippen LogP contribution in [-0.4, -0.2) is 30.5 Å². The largest absolute Gasteiger partial charge is 0.406 e. The number of aromatic nitrogens is 2. The molecule has 1 aromatic heterocycles. The number of nitrogens with zero attached hydrogens (tertiary/aromatic N) is 2. The van der Waals surface area contributed by atoms with Gasteiger partial charge in [-0.05, 0) is 18.2 Å². The van der Waals surface area contributed by atoms with E-state index in [1.165, 1.54) is 0 Å². The summed E-state index contributed by atoms with van der Waals surface area (Å²) in [6.45, 7) is 1.81. The number of hydrogen-bond donors (Lipinski definition) is 2. The normalized spacial score (nSPS) is 10.8. The molecule has 0 bridgehead atoms. The van der Waals surface area contributed by atoms with Crippen molar-refractivity contribution in [3.63, 3.8) is 0 Å². The fourth-order valence-corrected chi connectivity index (χ4v) is 1.79. The summed E-state index contributed by atoms with van der Waals surface area (Å²) in [4.78, 5) is 0. The third-order valence-corrected chi connectivity index (χ3v) is 2.96. The van der Waals surface area contributed by atoms with Gasteiger partial charge in [0.15, 0.2) is 0 Å². The van der Waals surface area contributed by atoms with Gasteiger partial charge in [-0.15, -0.1) is 5.10 Å². The van der Waals surface area contributed by atoms with Crippen LogP contribution in [-0.2, 0) is 11.3 Å². The Morgan fingerprint density at radius 2 is 2.15 bits per heavy atom. The summed E-state index contributed by atoms with van der Waals surface area (Å²) >= 11 is 11.9. The van der Waals surface area contributed by atoms with Crippen LogP contribution in [0.4, 0.5) is 11.7 Å². The van der Waals surface area contributed by atoms with E-state index in [4.69, 9.17) is 32.4 Å². The molecule has 1 aromatic carbocycles. The van der Waals surface area contributed by atoms with Crippen molar-refractivity contribution in [2.45, 2.75) is 6.54 Å². The summed E-state index contributed by atoms with van der Waals surface area (Å²) in [5.41, 5.74) is 0.613. The van der Waals surface area contributed by atoms with Gasteiger partial charge in [0.25, 0.3) is 0 Å². The molecule has 2 rings (SSSR count). The molecule has 0 atom stereocenters. The summed E-state index contributed by atoms with van der Waals surface area (Å²) in [5.74, 6) is 0.474. The minimum Gasteiger partial charge on any atom is -0.406 e. The van der Waals surface area contributed by atoms with Crippen molar-refractivity contribution in [2.75, 3.05) is 25.6 Å². The summed E-state index contributed by atoms with van der Waals surface area (Å²) in [7, 11) is 1.64. The summed E-state index contributed by atoms with van der Waals surface area (Å²) < 4.78 is 10.3. The standard InChI is InChI=1S/C12H14Cl2N4O2/c1-19-5-4-15-7-11-17-18-12(20-11)16-10-6-8(13)2-3-9(10)14/h2-3,6,15H,4-5,7H2,1H3,(H,16,18). The van der Waals surface area contributed by atoms with Crippen molar-refractivity contribution in [1.82, 2.24) is 15.5 Å². The summed E-state index contributed by atoms with van der Waals surface area (Å²) in [6.07, 6.45) is 0. The van der Waals surface area contributed by atoms with Crippen LogP contribution in [0.15, 0.2) is 22.6 Å². The maximum Gasteiger partial charge on any atom is 0.320 e. The van der Waals surface area contributed by atoms with Gasteiger partial charge in [0.05, 0.1) is 23.9 Å². The topological polar surface area (TPSA) is 72.2 Å². The molecule has 2 aromatic rings. The zero-order valence-electron chi connectivity index (χ0n) is 10.8. The minimum absolute atomic E-state index is 0.262. The van der Waals surface area contributed by atoms with Crippen LogP contribution >= 0.6 is 23.2 Å². The van der Waals surface area contributed by atoms with E-state index in [1.54, 1.807) is 25.3 Å². The highest BCUT2D eigenvalue weighted by molar-refractivity contribution is 6.35. The van der Waals surface area contributed by atoms with Gasteiger partial charge >= 0.3 is 6.01 Å². The number of benzene rings is 1. The summed E-state index contributed by atoms with van der Waals surface area (Å²) in [5, 5.41) is 14.9. The molecular weight excluding hydrogens is 303 g/mol. The van der Waals surface area contributed by atoms with Crippen molar-refractivity contribution in [1.29, 1.82) is 0 Å². The van der Waals surface area contributed by atoms with Crippen LogP contribution in [0.3, 0.4) is 0 Å². The van der Waals surface area contributed by atoms with Crippen molar-refractivity contribution < 1.29 is 9.15 Å². The van der Waals surface area contributed by atoms with Crippen LogP contribution in [0.1, 0.15) is 5.89 Å². The third kappa shape index (κ3) is 4.35. The van der Waals surface area contributed by atoms with Crippen LogP contribution < -0.4 is 10.6 Å². The first-order chi connectivity index (χ1) is 9.69. The lowest BCUT2D eigenvalue weighted by Gasteiger charge is -2.04. The number of nitrogens with one attached hydrogen (secondary N) is 2. The molecule has 0 spiro atoms. The van der Waals surface area contributed by atoms with Gasteiger partial charge in [-0.25, -0.2) is 0 Å². The highest BCUT2D eigenvalue weighted by Gasteiger charge is 2.08. The molecule has 0 aliphatic carbocycles. The summed E-state index contributed by atoms with van der Waals surface area (Å²) in [6, 6.07) is 5.34. The number of halogens is 2. The lowest BCUT2D eigenvalue weighted by Crippen LogP contribution is -2.18.